The first-order chi connectivity index (χ1) is 11.1. The molecule has 4 aliphatic rings. The minimum Gasteiger partial charge on any atom is -0.338 e. The Bertz CT molecular complexity index is 566. The van der Waals surface area contributed by atoms with Crippen LogP contribution in [0.4, 0.5) is 4.79 Å². The van der Waals surface area contributed by atoms with Gasteiger partial charge in [0.15, 0.2) is 0 Å². The van der Waals surface area contributed by atoms with Gasteiger partial charge in [0.25, 0.3) is 0 Å². The molecule has 3 nitrogen and oxygen atoms in total. The van der Waals surface area contributed by atoms with Gasteiger partial charge in [0.2, 0.25) is 0 Å². The number of hydrogen-bond donors (Lipinski definition) is 2. The highest BCUT2D eigenvalue weighted by Gasteiger charge is 2.51. The van der Waals surface area contributed by atoms with E-state index in [2.05, 4.69) is 38.7 Å². The molecule has 0 aromatic heterocycles. The fourth-order valence-corrected chi connectivity index (χ4v) is 6.01. The average molecular weight is 377 g/mol. The van der Waals surface area contributed by atoms with Crippen molar-refractivity contribution in [1.82, 2.24) is 10.6 Å². The van der Waals surface area contributed by atoms with Gasteiger partial charge in [-0.05, 0) is 80.4 Å². The minimum absolute atomic E-state index is 0.0296. The van der Waals surface area contributed by atoms with Crippen molar-refractivity contribution in [3.05, 3.63) is 34.3 Å². The minimum atomic E-state index is 0.0296. The Labute approximate surface area is 146 Å². The molecule has 4 bridgehead atoms. The Hall–Kier alpha value is -1.03. The Kier molecular flexibility index (Phi) is 4.12. The molecule has 2 amide bonds. The van der Waals surface area contributed by atoms with Gasteiger partial charge in [0.05, 0.1) is 0 Å². The van der Waals surface area contributed by atoms with Gasteiger partial charge in [-0.25, -0.2) is 4.79 Å². The predicted octanol–water partition coefficient (Wildman–Crippen LogP) is 4.26. The van der Waals surface area contributed by atoms with Crippen LogP contribution in [0.2, 0.25) is 0 Å². The van der Waals surface area contributed by atoms with E-state index in [0.717, 1.165) is 28.6 Å². The highest BCUT2D eigenvalue weighted by atomic mass is 79.9. The van der Waals surface area contributed by atoms with Gasteiger partial charge in [0.1, 0.15) is 0 Å². The lowest BCUT2D eigenvalue weighted by Gasteiger charge is -2.56. The van der Waals surface area contributed by atoms with Crippen molar-refractivity contribution in [3.8, 4) is 0 Å². The maximum absolute atomic E-state index is 12.4. The number of halogens is 1. The van der Waals surface area contributed by atoms with Crippen molar-refractivity contribution in [2.45, 2.75) is 50.5 Å². The van der Waals surface area contributed by atoms with Crippen LogP contribution in [0, 0.1) is 17.8 Å². The highest BCUT2D eigenvalue weighted by Crippen LogP contribution is 2.55. The summed E-state index contributed by atoms with van der Waals surface area (Å²) < 4.78 is 1.09. The maximum Gasteiger partial charge on any atom is 0.315 e. The van der Waals surface area contributed by atoms with E-state index in [1.54, 1.807) is 0 Å². The Balaban J connectivity index is 1.29. The molecule has 0 saturated heterocycles. The van der Waals surface area contributed by atoms with E-state index in [9.17, 15) is 4.79 Å². The SMILES string of the molecule is O=C(NCCc1cccc(Br)c1)NC12CC3CC(CC(C3)C1)C2. The fourth-order valence-electron chi connectivity index (χ4n) is 5.56. The molecule has 23 heavy (non-hydrogen) atoms. The molecule has 5 rings (SSSR count). The summed E-state index contributed by atoms with van der Waals surface area (Å²) >= 11 is 3.49. The lowest BCUT2D eigenvalue weighted by molar-refractivity contribution is -0.0135. The Morgan fingerprint density at radius 1 is 1.13 bits per heavy atom. The largest absolute Gasteiger partial charge is 0.338 e. The zero-order valence-corrected chi connectivity index (χ0v) is 15.1. The fraction of sp³-hybridized carbons (Fsp3) is 0.632. The molecule has 124 valence electrons. The van der Waals surface area contributed by atoms with E-state index in [0.29, 0.717) is 6.54 Å². The molecule has 0 radical (unpaired) electrons. The summed E-state index contributed by atoms with van der Waals surface area (Å²) in [5.41, 5.74) is 1.35. The zero-order valence-electron chi connectivity index (χ0n) is 13.5. The molecule has 1 aromatic carbocycles. The molecule has 4 saturated carbocycles. The van der Waals surface area contributed by atoms with Crippen molar-refractivity contribution < 1.29 is 4.79 Å². The quantitative estimate of drug-likeness (QED) is 0.809. The van der Waals surface area contributed by atoms with Crippen molar-refractivity contribution in [1.29, 1.82) is 0 Å². The standard InChI is InChI=1S/C19H25BrN2O/c20-17-3-1-2-13(9-17)4-5-21-18(23)22-19-10-14-6-15(11-19)8-16(7-14)12-19/h1-3,9,14-16H,4-8,10-12H2,(H2,21,22,23). The van der Waals surface area contributed by atoms with E-state index >= 15 is 0 Å². The van der Waals surface area contributed by atoms with Crippen LogP contribution in [0.5, 0.6) is 0 Å². The van der Waals surface area contributed by atoms with E-state index < -0.39 is 0 Å². The number of carbonyl (C=O) groups excluding carboxylic acids is 1. The Morgan fingerprint density at radius 2 is 1.78 bits per heavy atom. The average Bonchev–Trinajstić information content (AvgIpc) is 2.45. The zero-order chi connectivity index (χ0) is 15.9. The third kappa shape index (κ3) is 3.42. The molecular weight excluding hydrogens is 352 g/mol. The molecule has 0 spiro atoms. The predicted molar refractivity (Wildman–Crippen MR) is 95.3 cm³/mol. The van der Waals surface area contributed by atoms with E-state index in [4.69, 9.17) is 0 Å². The lowest BCUT2D eigenvalue weighted by Crippen LogP contribution is -2.61. The molecule has 0 heterocycles. The third-order valence-electron chi connectivity index (χ3n) is 6.01. The molecule has 4 aliphatic carbocycles. The summed E-state index contributed by atoms with van der Waals surface area (Å²) in [6, 6.07) is 8.30. The maximum atomic E-state index is 12.4. The molecule has 1 aromatic rings. The monoisotopic (exact) mass is 376 g/mol. The first-order valence-corrected chi connectivity index (χ1v) is 9.70. The second-order valence-corrected chi connectivity index (χ2v) is 8.87. The molecule has 4 fully saturated rings. The smallest absolute Gasteiger partial charge is 0.315 e. The normalized spacial score (nSPS) is 34.4. The summed E-state index contributed by atoms with van der Waals surface area (Å²) in [5.74, 6) is 2.59. The molecule has 4 heteroatoms. The van der Waals surface area contributed by atoms with Gasteiger partial charge < -0.3 is 10.6 Å². The summed E-state index contributed by atoms with van der Waals surface area (Å²) in [6.07, 6.45) is 8.71. The summed E-state index contributed by atoms with van der Waals surface area (Å²) in [7, 11) is 0. The van der Waals surface area contributed by atoms with Gasteiger partial charge >= 0.3 is 6.03 Å². The molecule has 0 aliphatic heterocycles. The molecule has 0 unspecified atom stereocenters. The summed E-state index contributed by atoms with van der Waals surface area (Å²) in [5, 5.41) is 6.42. The van der Waals surface area contributed by atoms with Crippen molar-refractivity contribution >= 4 is 22.0 Å². The van der Waals surface area contributed by atoms with Gasteiger partial charge in [-0.1, -0.05) is 28.1 Å². The summed E-state index contributed by atoms with van der Waals surface area (Å²) in [6.45, 7) is 0.689. The molecular formula is C19H25BrN2O. The first kappa shape index (κ1) is 15.5. The number of nitrogens with one attached hydrogen (secondary N) is 2. The second-order valence-electron chi connectivity index (χ2n) is 7.96. The third-order valence-corrected chi connectivity index (χ3v) is 6.50. The van der Waals surface area contributed by atoms with Crippen LogP contribution >= 0.6 is 15.9 Å². The van der Waals surface area contributed by atoms with E-state index in [1.165, 1.54) is 44.1 Å². The van der Waals surface area contributed by atoms with Crippen LogP contribution in [0.15, 0.2) is 28.7 Å². The topological polar surface area (TPSA) is 41.1 Å². The molecule has 0 atom stereocenters. The number of hydrogen-bond acceptors (Lipinski definition) is 1. The van der Waals surface area contributed by atoms with Crippen LogP contribution in [0.1, 0.15) is 44.1 Å². The van der Waals surface area contributed by atoms with Crippen molar-refractivity contribution in [3.63, 3.8) is 0 Å². The van der Waals surface area contributed by atoms with Gasteiger partial charge in [0, 0.05) is 16.6 Å². The van der Waals surface area contributed by atoms with E-state index in [-0.39, 0.29) is 11.6 Å². The number of amides is 2. The van der Waals surface area contributed by atoms with Crippen LogP contribution < -0.4 is 10.6 Å². The summed E-state index contributed by atoms with van der Waals surface area (Å²) in [4.78, 5) is 12.4. The van der Waals surface area contributed by atoms with Crippen molar-refractivity contribution in [2.24, 2.45) is 17.8 Å². The molecule has 2 N–H and O–H groups in total. The van der Waals surface area contributed by atoms with Crippen LogP contribution in [0.25, 0.3) is 0 Å². The van der Waals surface area contributed by atoms with Crippen molar-refractivity contribution in [2.75, 3.05) is 6.54 Å². The number of rotatable bonds is 4. The second kappa shape index (κ2) is 6.12. The number of carbonyl (C=O) groups is 1. The van der Waals surface area contributed by atoms with Crippen LogP contribution in [0.3, 0.4) is 0 Å². The van der Waals surface area contributed by atoms with Gasteiger partial charge in [-0.3, -0.25) is 0 Å². The highest BCUT2D eigenvalue weighted by molar-refractivity contribution is 9.10. The number of benzene rings is 1. The Morgan fingerprint density at radius 3 is 2.39 bits per heavy atom. The van der Waals surface area contributed by atoms with E-state index in [1.807, 2.05) is 12.1 Å². The number of urea groups is 1. The van der Waals surface area contributed by atoms with Gasteiger partial charge in [-0.15, -0.1) is 0 Å². The lowest BCUT2D eigenvalue weighted by atomic mass is 9.53. The first-order valence-electron chi connectivity index (χ1n) is 8.91. The van der Waals surface area contributed by atoms with Gasteiger partial charge in [-0.2, -0.15) is 0 Å². The van der Waals surface area contributed by atoms with Crippen LogP contribution in [-0.2, 0) is 6.42 Å². The van der Waals surface area contributed by atoms with Crippen LogP contribution in [-0.4, -0.2) is 18.1 Å².